The molecule has 130 valence electrons. The molecule has 1 heterocycles. The third kappa shape index (κ3) is 3.73. The molecule has 0 atom stereocenters. The van der Waals surface area contributed by atoms with E-state index in [-0.39, 0.29) is 11.2 Å². The van der Waals surface area contributed by atoms with Gasteiger partial charge in [-0.1, -0.05) is 51.1 Å². The summed E-state index contributed by atoms with van der Waals surface area (Å²) in [5, 5.41) is 0. The molecule has 4 heteroatoms. The highest BCUT2D eigenvalue weighted by molar-refractivity contribution is 5.86. The fourth-order valence-electron chi connectivity index (χ4n) is 2.76. The molecule has 2 aromatic carbocycles. The molecular formula is C21H24N2O2. The number of carbonyl (C=O) groups is 1. The summed E-state index contributed by atoms with van der Waals surface area (Å²) in [6.45, 7) is 6.19. The second-order valence-corrected chi connectivity index (χ2v) is 7.30. The van der Waals surface area contributed by atoms with Gasteiger partial charge in [0.15, 0.2) is 5.78 Å². The van der Waals surface area contributed by atoms with Gasteiger partial charge in [-0.2, -0.15) is 0 Å². The highest BCUT2D eigenvalue weighted by Gasteiger charge is 2.23. The second-order valence-electron chi connectivity index (χ2n) is 7.30. The van der Waals surface area contributed by atoms with E-state index in [1.807, 2.05) is 61.7 Å². The molecule has 3 rings (SSSR count). The maximum Gasteiger partial charge on any atom is 0.157 e. The van der Waals surface area contributed by atoms with Gasteiger partial charge in [0.1, 0.15) is 11.6 Å². The van der Waals surface area contributed by atoms with Gasteiger partial charge in [-0.15, -0.1) is 0 Å². The number of ketones is 1. The van der Waals surface area contributed by atoms with E-state index in [1.165, 1.54) is 5.56 Å². The zero-order chi connectivity index (χ0) is 18.0. The van der Waals surface area contributed by atoms with Crippen molar-refractivity contribution >= 4 is 16.8 Å². The normalized spacial score (nSPS) is 11.7. The van der Waals surface area contributed by atoms with E-state index in [0.717, 1.165) is 22.6 Å². The van der Waals surface area contributed by atoms with Gasteiger partial charge in [0.05, 0.1) is 24.7 Å². The molecule has 4 nitrogen and oxygen atoms in total. The van der Waals surface area contributed by atoms with Gasteiger partial charge in [-0.05, 0) is 17.7 Å². The molecule has 25 heavy (non-hydrogen) atoms. The summed E-state index contributed by atoms with van der Waals surface area (Å²) in [5.41, 5.74) is 2.61. The van der Waals surface area contributed by atoms with Gasteiger partial charge >= 0.3 is 0 Å². The van der Waals surface area contributed by atoms with E-state index in [1.54, 1.807) is 7.11 Å². The first-order valence-electron chi connectivity index (χ1n) is 8.49. The minimum absolute atomic E-state index is 0.192. The fourth-order valence-corrected chi connectivity index (χ4v) is 2.76. The Hall–Kier alpha value is -2.62. The van der Waals surface area contributed by atoms with Gasteiger partial charge in [0.25, 0.3) is 0 Å². The lowest BCUT2D eigenvalue weighted by Gasteiger charge is -2.18. The van der Waals surface area contributed by atoms with Crippen molar-refractivity contribution in [2.45, 2.75) is 33.7 Å². The van der Waals surface area contributed by atoms with Crippen LogP contribution in [-0.2, 0) is 17.8 Å². The Kier molecular flexibility index (Phi) is 4.62. The molecule has 0 saturated heterocycles. The van der Waals surface area contributed by atoms with Crippen LogP contribution in [-0.4, -0.2) is 22.4 Å². The van der Waals surface area contributed by atoms with Crippen molar-refractivity contribution in [3.05, 3.63) is 59.9 Å². The van der Waals surface area contributed by atoms with Crippen molar-refractivity contribution in [3.63, 3.8) is 0 Å². The highest BCUT2D eigenvalue weighted by atomic mass is 16.5. The van der Waals surface area contributed by atoms with Gasteiger partial charge < -0.3 is 9.30 Å². The summed E-state index contributed by atoms with van der Waals surface area (Å²) >= 11 is 0. The monoisotopic (exact) mass is 336 g/mol. The van der Waals surface area contributed by atoms with Crippen LogP contribution < -0.4 is 4.74 Å². The van der Waals surface area contributed by atoms with E-state index in [0.29, 0.717) is 13.0 Å². The fraction of sp³-hybridized carbons (Fsp3) is 0.333. The zero-order valence-corrected chi connectivity index (χ0v) is 15.2. The Morgan fingerprint density at radius 1 is 1.12 bits per heavy atom. The largest absolute Gasteiger partial charge is 0.497 e. The Bertz CT molecular complexity index is 889. The Morgan fingerprint density at radius 2 is 1.84 bits per heavy atom. The number of imidazole rings is 1. The van der Waals surface area contributed by atoms with Crippen LogP contribution in [0.3, 0.4) is 0 Å². The molecule has 0 N–H and O–H groups in total. The third-order valence-corrected chi connectivity index (χ3v) is 4.38. The van der Waals surface area contributed by atoms with Crippen molar-refractivity contribution in [2.24, 2.45) is 5.41 Å². The number of carbonyl (C=O) groups excluding carboxylic acids is 1. The lowest BCUT2D eigenvalue weighted by Crippen LogP contribution is -2.25. The molecule has 0 aliphatic heterocycles. The molecule has 0 unspecified atom stereocenters. The van der Waals surface area contributed by atoms with Crippen LogP contribution >= 0.6 is 0 Å². The van der Waals surface area contributed by atoms with E-state index in [2.05, 4.69) is 12.1 Å². The Morgan fingerprint density at radius 3 is 2.48 bits per heavy atom. The number of ether oxygens (including phenoxy) is 1. The molecule has 0 aliphatic rings. The number of fused-ring (bicyclic) bond motifs is 1. The summed E-state index contributed by atoms with van der Waals surface area (Å²) in [5.74, 6) is 1.86. The zero-order valence-electron chi connectivity index (χ0n) is 15.2. The maximum atomic E-state index is 12.6. The van der Waals surface area contributed by atoms with Crippen LogP contribution in [0.1, 0.15) is 32.2 Å². The molecule has 0 spiro atoms. The summed E-state index contributed by atoms with van der Waals surface area (Å²) in [7, 11) is 1.65. The maximum absolute atomic E-state index is 12.6. The molecule has 0 fully saturated rings. The van der Waals surface area contributed by atoms with Crippen molar-refractivity contribution in [1.29, 1.82) is 0 Å². The minimum atomic E-state index is -0.382. The summed E-state index contributed by atoms with van der Waals surface area (Å²) in [6, 6.07) is 16.0. The van der Waals surface area contributed by atoms with Gasteiger partial charge in [-0.3, -0.25) is 4.79 Å². The molecule has 0 aliphatic carbocycles. The van der Waals surface area contributed by atoms with E-state index in [9.17, 15) is 4.79 Å². The number of benzene rings is 2. The van der Waals surface area contributed by atoms with Crippen LogP contribution in [0.5, 0.6) is 5.75 Å². The average molecular weight is 336 g/mol. The molecule has 1 aromatic heterocycles. The standard InChI is InChI=1S/C21H24N2O2/c1-21(2,3)19(24)14-23-18-11-10-16(25-4)13-17(18)22-20(23)12-15-8-6-5-7-9-15/h5-11,13H,12,14H2,1-4H3. The quantitative estimate of drug-likeness (QED) is 0.699. The van der Waals surface area contributed by atoms with Crippen molar-refractivity contribution in [3.8, 4) is 5.75 Å². The van der Waals surface area contributed by atoms with Crippen molar-refractivity contribution < 1.29 is 9.53 Å². The lowest BCUT2D eigenvalue weighted by molar-refractivity contribution is -0.126. The first-order valence-corrected chi connectivity index (χ1v) is 8.49. The number of aromatic nitrogens is 2. The minimum Gasteiger partial charge on any atom is -0.497 e. The molecule has 0 radical (unpaired) electrons. The van der Waals surface area contributed by atoms with Crippen LogP contribution in [0.15, 0.2) is 48.5 Å². The van der Waals surface area contributed by atoms with Crippen LogP contribution in [0.25, 0.3) is 11.0 Å². The van der Waals surface area contributed by atoms with Crippen LogP contribution in [0.2, 0.25) is 0 Å². The number of methoxy groups -OCH3 is 1. The summed E-state index contributed by atoms with van der Waals surface area (Å²) in [4.78, 5) is 17.4. The van der Waals surface area contributed by atoms with E-state index < -0.39 is 0 Å². The van der Waals surface area contributed by atoms with Gasteiger partial charge in [0.2, 0.25) is 0 Å². The number of hydrogen-bond acceptors (Lipinski definition) is 3. The smallest absolute Gasteiger partial charge is 0.157 e. The summed E-state index contributed by atoms with van der Waals surface area (Å²) < 4.78 is 7.35. The van der Waals surface area contributed by atoms with E-state index in [4.69, 9.17) is 9.72 Å². The second kappa shape index (κ2) is 6.71. The van der Waals surface area contributed by atoms with Crippen LogP contribution in [0, 0.1) is 5.41 Å². The lowest BCUT2D eigenvalue weighted by atomic mass is 9.91. The first-order chi connectivity index (χ1) is 11.9. The number of hydrogen-bond donors (Lipinski definition) is 0. The van der Waals surface area contributed by atoms with Crippen molar-refractivity contribution in [2.75, 3.05) is 7.11 Å². The molecule has 0 amide bonds. The average Bonchev–Trinajstić information content (AvgIpc) is 2.91. The first kappa shape index (κ1) is 17.2. The highest BCUT2D eigenvalue weighted by Crippen LogP contribution is 2.25. The number of Topliss-reactive ketones (excluding diaryl/α,β-unsaturated/α-hetero) is 1. The molecule has 3 aromatic rings. The number of rotatable bonds is 5. The molecule has 0 saturated carbocycles. The third-order valence-electron chi connectivity index (χ3n) is 4.38. The van der Waals surface area contributed by atoms with Crippen molar-refractivity contribution in [1.82, 2.24) is 9.55 Å². The number of nitrogens with zero attached hydrogens (tertiary/aromatic N) is 2. The van der Waals surface area contributed by atoms with Gasteiger partial charge in [-0.25, -0.2) is 4.98 Å². The molecular weight excluding hydrogens is 312 g/mol. The Labute approximate surface area is 148 Å². The predicted molar refractivity (Wildman–Crippen MR) is 100.0 cm³/mol. The summed E-state index contributed by atoms with van der Waals surface area (Å²) in [6.07, 6.45) is 0.690. The topological polar surface area (TPSA) is 44.1 Å². The SMILES string of the molecule is COc1ccc2c(c1)nc(Cc1ccccc1)n2CC(=O)C(C)(C)C. The van der Waals surface area contributed by atoms with Crippen LogP contribution in [0.4, 0.5) is 0 Å². The molecule has 0 bridgehead atoms. The Balaban J connectivity index is 2.06. The van der Waals surface area contributed by atoms with Gasteiger partial charge in [0, 0.05) is 17.9 Å². The predicted octanol–water partition coefficient (Wildman–Crippen LogP) is 4.25. The van der Waals surface area contributed by atoms with E-state index >= 15 is 0 Å².